The van der Waals surface area contributed by atoms with Crippen LogP contribution in [0.4, 0.5) is 0 Å². The van der Waals surface area contributed by atoms with Crippen LogP contribution in [0.2, 0.25) is 13.1 Å². The smallest absolute Gasteiger partial charge is 0.333 e. The third-order valence-corrected chi connectivity index (χ3v) is 19.6. The second-order valence-electron chi connectivity index (χ2n) is 23.4. The summed E-state index contributed by atoms with van der Waals surface area (Å²) in [4.78, 5) is 2.15. The minimum absolute atomic E-state index is 0.144. The number of hydrogen-bond donors (Lipinski definition) is 2. The Labute approximate surface area is 410 Å². The van der Waals surface area contributed by atoms with Crippen LogP contribution >= 0.6 is 0 Å². The molecule has 0 heterocycles. The second-order valence-corrected chi connectivity index (χ2v) is 26.7. The summed E-state index contributed by atoms with van der Waals surface area (Å²) in [6, 6.07) is 0. The van der Waals surface area contributed by atoms with Crippen molar-refractivity contribution in [3.8, 4) is 0 Å². The monoisotopic (exact) mass is 940 g/mol. The molecule has 0 aromatic heterocycles. The van der Waals surface area contributed by atoms with Gasteiger partial charge in [0.2, 0.25) is 0 Å². The van der Waals surface area contributed by atoms with E-state index in [9.17, 15) is 10.2 Å². The second kappa shape index (κ2) is 30.8. The summed E-state index contributed by atoms with van der Waals surface area (Å²) in [5, 5.41) is 18.7. The number of ether oxygens (including phenoxy) is 1. The highest BCUT2D eigenvalue weighted by molar-refractivity contribution is 6.64. The molecule has 66 heavy (non-hydrogen) atoms. The van der Waals surface area contributed by atoms with E-state index < -0.39 is 8.56 Å². The first-order valence-electron chi connectivity index (χ1n) is 28.8. The van der Waals surface area contributed by atoms with Crippen LogP contribution in [0.5, 0.6) is 0 Å². The van der Waals surface area contributed by atoms with E-state index in [1.165, 1.54) is 122 Å². The molecule has 4 rings (SSSR count). The maximum atomic E-state index is 9.34. The number of hydrogen-bond acceptors (Lipinski definition) is 6. The maximum Gasteiger partial charge on any atom is 0.333 e. The van der Waals surface area contributed by atoms with Gasteiger partial charge in [0.05, 0.1) is 19.3 Å². The van der Waals surface area contributed by atoms with Crippen molar-refractivity contribution < 1.29 is 23.8 Å². The van der Waals surface area contributed by atoms with Crippen LogP contribution < -0.4 is 0 Å². The summed E-state index contributed by atoms with van der Waals surface area (Å²) >= 11 is 0. The average molecular weight is 941 g/mol. The van der Waals surface area contributed by atoms with Crippen molar-refractivity contribution in [2.75, 3.05) is 39.5 Å². The molecule has 4 aliphatic carbocycles. The predicted molar refractivity (Wildman–Crippen MR) is 284 cm³/mol. The molecule has 10 unspecified atom stereocenters. The summed E-state index contributed by atoms with van der Waals surface area (Å²) < 4.78 is 20.7. The molecule has 0 radical (unpaired) electrons. The summed E-state index contributed by atoms with van der Waals surface area (Å²) in [7, 11) is -2.41. The number of fused-ring (bicyclic) bond motifs is 5. The Balaban J connectivity index is 1.29. The van der Waals surface area contributed by atoms with Gasteiger partial charge in [0.25, 0.3) is 0 Å². The molecule has 0 aliphatic heterocycles. The highest BCUT2D eigenvalue weighted by Gasteiger charge is 2.59. The molecular formula is C59H109NO5Si. The Bertz CT molecular complexity index is 1380. The predicted octanol–water partition coefficient (Wildman–Crippen LogP) is 15.8. The van der Waals surface area contributed by atoms with E-state index in [1.807, 2.05) is 0 Å². The van der Waals surface area contributed by atoms with Gasteiger partial charge in [-0.15, -0.1) is 0 Å². The summed E-state index contributed by atoms with van der Waals surface area (Å²) in [6.07, 6.45) is 46.8. The normalized spacial score (nSPS) is 28.3. The average Bonchev–Trinajstić information content (AvgIpc) is 3.64. The van der Waals surface area contributed by atoms with Crippen LogP contribution in [-0.2, 0) is 13.6 Å². The molecule has 4 aliphatic rings. The lowest BCUT2D eigenvalue weighted by atomic mass is 9.47. The molecule has 6 nitrogen and oxygen atoms in total. The number of aliphatic hydroxyl groups excluding tert-OH is 2. The number of rotatable bonds is 36. The number of aliphatic hydroxyl groups is 2. The van der Waals surface area contributed by atoms with E-state index in [2.05, 4.69) is 96.8 Å². The minimum Gasteiger partial charge on any atom is -0.395 e. The molecule has 0 aromatic rings. The van der Waals surface area contributed by atoms with E-state index in [1.54, 1.807) is 5.57 Å². The zero-order valence-corrected chi connectivity index (χ0v) is 46.0. The lowest BCUT2D eigenvalue weighted by Crippen LogP contribution is -2.51. The van der Waals surface area contributed by atoms with Gasteiger partial charge in [-0.05, 0) is 181 Å². The largest absolute Gasteiger partial charge is 0.395 e. The lowest BCUT2D eigenvalue weighted by Gasteiger charge is -2.58. The van der Waals surface area contributed by atoms with E-state index in [0.29, 0.717) is 35.8 Å². The molecule has 10 atom stereocenters. The fourth-order valence-electron chi connectivity index (χ4n) is 13.8. The van der Waals surface area contributed by atoms with Gasteiger partial charge in [-0.2, -0.15) is 0 Å². The quantitative estimate of drug-likeness (QED) is 0.0282. The van der Waals surface area contributed by atoms with Crippen molar-refractivity contribution >= 4 is 8.56 Å². The van der Waals surface area contributed by atoms with E-state index in [0.717, 1.165) is 94.1 Å². The molecule has 0 spiro atoms. The van der Waals surface area contributed by atoms with Gasteiger partial charge in [0.1, 0.15) is 6.29 Å². The van der Waals surface area contributed by atoms with Crippen LogP contribution in [0.1, 0.15) is 222 Å². The van der Waals surface area contributed by atoms with E-state index in [-0.39, 0.29) is 25.6 Å². The highest BCUT2D eigenvalue weighted by atomic mass is 28.4. The van der Waals surface area contributed by atoms with Crippen molar-refractivity contribution in [2.45, 2.75) is 247 Å². The number of unbranched alkanes of at least 4 members (excludes halogenated alkanes) is 14. The van der Waals surface area contributed by atoms with Gasteiger partial charge in [-0.25, -0.2) is 0 Å². The van der Waals surface area contributed by atoms with E-state index in [4.69, 9.17) is 13.6 Å². The molecule has 384 valence electrons. The van der Waals surface area contributed by atoms with Crippen molar-refractivity contribution in [1.82, 2.24) is 4.90 Å². The topological polar surface area (TPSA) is 71.4 Å². The zero-order valence-electron chi connectivity index (χ0n) is 45.0. The Hall–Kier alpha value is -0.803. The minimum atomic E-state index is -2.41. The fraction of sp³-hybridized carbons (Fsp3) is 0.898. The van der Waals surface area contributed by atoms with Crippen LogP contribution in [0.25, 0.3) is 0 Å². The standard InChI is InChI=1S/C59H109NO5Si/c1-10-12-13-14-15-16-17-18-19-20-21-22-23-24-27-30-57(65-66(8,9)63-46-29-26-25-28-41-60(42-44-61)43-45-62)64-52-37-39-58(6)51(47-52)33-34-53-55-36-35-54(59(55,7)40-38-56(53)58)49(5)31-32-50(11-2)48(3)4/h18-19,31-33,48-50,52-57,61-62H,10-17,20-30,34-47H2,1-9H3/b19-18-,32-31+. The summed E-state index contributed by atoms with van der Waals surface area (Å²) in [5.74, 6) is 5.43. The molecule has 2 N–H and O–H groups in total. The van der Waals surface area contributed by atoms with Crippen LogP contribution in [0.15, 0.2) is 36.0 Å². The Morgan fingerprint density at radius 3 is 2.06 bits per heavy atom. The van der Waals surface area contributed by atoms with E-state index >= 15 is 0 Å². The summed E-state index contributed by atoms with van der Waals surface area (Å²) in [5.41, 5.74) is 2.49. The zero-order chi connectivity index (χ0) is 47.8. The van der Waals surface area contributed by atoms with Crippen molar-refractivity contribution in [3.63, 3.8) is 0 Å². The van der Waals surface area contributed by atoms with Gasteiger partial charge in [0, 0.05) is 19.7 Å². The van der Waals surface area contributed by atoms with Crippen LogP contribution in [-0.4, -0.2) is 75.5 Å². The molecule has 0 bridgehead atoms. The molecule has 0 amide bonds. The Morgan fingerprint density at radius 2 is 1.39 bits per heavy atom. The third-order valence-electron chi connectivity index (χ3n) is 17.9. The molecular weight excluding hydrogens is 831 g/mol. The lowest BCUT2D eigenvalue weighted by molar-refractivity contribution is -0.150. The molecule has 7 heteroatoms. The Morgan fingerprint density at radius 1 is 0.742 bits per heavy atom. The fourth-order valence-corrected chi connectivity index (χ4v) is 15.3. The maximum absolute atomic E-state index is 9.34. The van der Waals surface area contributed by atoms with Crippen molar-refractivity contribution in [3.05, 3.63) is 36.0 Å². The van der Waals surface area contributed by atoms with Gasteiger partial charge in [0.15, 0.2) is 0 Å². The molecule has 0 aromatic carbocycles. The van der Waals surface area contributed by atoms with Gasteiger partial charge >= 0.3 is 8.56 Å². The first kappa shape index (κ1) is 57.8. The van der Waals surface area contributed by atoms with Crippen LogP contribution in [0.3, 0.4) is 0 Å². The highest BCUT2D eigenvalue weighted by Crippen LogP contribution is 2.67. The van der Waals surface area contributed by atoms with Gasteiger partial charge in [-0.3, -0.25) is 4.90 Å². The van der Waals surface area contributed by atoms with Crippen LogP contribution in [0, 0.1) is 52.3 Å². The van der Waals surface area contributed by atoms with Crippen molar-refractivity contribution in [2.24, 2.45) is 52.3 Å². The molecule has 3 saturated carbocycles. The molecule has 0 saturated heterocycles. The Kier molecular flexibility index (Phi) is 27.0. The first-order chi connectivity index (χ1) is 31.8. The molecule has 3 fully saturated rings. The van der Waals surface area contributed by atoms with Gasteiger partial charge in [-0.1, -0.05) is 149 Å². The number of nitrogens with zero attached hydrogens (tertiary/aromatic N) is 1. The van der Waals surface area contributed by atoms with Crippen molar-refractivity contribution in [1.29, 1.82) is 0 Å². The first-order valence-corrected chi connectivity index (χ1v) is 31.6. The SMILES string of the molecule is CCCCCCCC/C=C\CCCCCCCC(OC1CCC2(C)C(=CCC3C2CCC2(C)C(C(C)/C=C/C(CC)C(C)C)CCC32)C1)O[Si](C)(C)OCCCCCCN(CCO)CCO. The number of allylic oxidation sites excluding steroid dienone is 5. The third kappa shape index (κ3) is 18.4. The summed E-state index contributed by atoms with van der Waals surface area (Å²) in [6.45, 7) is 25.0. The van der Waals surface area contributed by atoms with Gasteiger partial charge < -0.3 is 23.8 Å².